The number of rotatable bonds is 11. The standard InChI is InChI=1S/C32H42N4O3S/c1-5-7-14-29-33-32(17-10-11-18-32)31(37)36(29)20-24-15-16-26(25(19-24)21-38-6-2)27-12-8-9-13-28(27)40-35-30-22(3)23(4)39-34-30/h8-9,12-13,15-16,19,22-23H,5-7,10-11,14,17-18,20-21H2,1-4H3,(H,34,35). The van der Waals surface area contributed by atoms with Gasteiger partial charge >= 0.3 is 0 Å². The third-order valence-electron chi connectivity index (χ3n) is 8.35. The van der Waals surface area contributed by atoms with Crippen LogP contribution in [-0.4, -0.2) is 40.7 Å². The van der Waals surface area contributed by atoms with E-state index < -0.39 is 5.54 Å². The number of oxime groups is 1. The highest BCUT2D eigenvalue weighted by Gasteiger charge is 2.49. The topological polar surface area (TPSA) is 75.5 Å². The molecule has 0 bridgehead atoms. The summed E-state index contributed by atoms with van der Waals surface area (Å²) in [5, 5.41) is 4.21. The molecule has 5 rings (SSSR count). The number of amidine groups is 2. The highest BCUT2D eigenvalue weighted by atomic mass is 32.2. The summed E-state index contributed by atoms with van der Waals surface area (Å²) >= 11 is 1.56. The summed E-state index contributed by atoms with van der Waals surface area (Å²) in [6.45, 7) is 10.1. The first-order valence-electron chi connectivity index (χ1n) is 14.8. The molecule has 1 aliphatic carbocycles. The number of aliphatic imine (C=N–C) groups is 1. The van der Waals surface area contributed by atoms with Crippen molar-refractivity contribution >= 4 is 29.5 Å². The molecule has 0 radical (unpaired) electrons. The summed E-state index contributed by atoms with van der Waals surface area (Å²) in [4.78, 5) is 27.3. The molecule has 2 aromatic rings. The van der Waals surface area contributed by atoms with Crippen LogP contribution in [0.1, 0.15) is 83.8 Å². The van der Waals surface area contributed by atoms with Gasteiger partial charge in [-0.3, -0.25) is 14.7 Å². The minimum absolute atomic E-state index is 0.0715. The molecule has 0 aromatic heterocycles. The molecule has 8 heteroatoms. The Morgan fingerprint density at radius 3 is 2.65 bits per heavy atom. The van der Waals surface area contributed by atoms with E-state index in [-0.39, 0.29) is 17.9 Å². The van der Waals surface area contributed by atoms with Gasteiger partial charge in [-0.2, -0.15) is 0 Å². The maximum Gasteiger partial charge on any atom is 0.256 e. The zero-order valence-corrected chi connectivity index (χ0v) is 25.1. The molecule has 3 aliphatic rings. The van der Waals surface area contributed by atoms with Crippen molar-refractivity contribution in [3.63, 3.8) is 0 Å². The third-order valence-corrected chi connectivity index (χ3v) is 9.24. The molecule has 2 heterocycles. The summed E-state index contributed by atoms with van der Waals surface area (Å²) in [6, 6.07) is 14.9. The molecular weight excluding hydrogens is 520 g/mol. The van der Waals surface area contributed by atoms with Crippen LogP contribution in [0, 0.1) is 5.92 Å². The Labute approximate surface area is 242 Å². The number of unbranched alkanes of at least 4 members (excludes halogenated alkanes) is 1. The quantitative estimate of drug-likeness (QED) is 0.296. The lowest BCUT2D eigenvalue weighted by atomic mass is 9.96. The van der Waals surface area contributed by atoms with E-state index in [1.54, 1.807) is 11.9 Å². The number of benzene rings is 2. The van der Waals surface area contributed by atoms with Gasteiger partial charge in [-0.15, -0.1) is 0 Å². The van der Waals surface area contributed by atoms with Gasteiger partial charge < -0.3 is 14.3 Å². The van der Waals surface area contributed by atoms with Gasteiger partial charge in [0, 0.05) is 17.9 Å². The fourth-order valence-electron chi connectivity index (χ4n) is 5.75. The lowest BCUT2D eigenvalue weighted by Crippen LogP contribution is -2.40. The van der Waals surface area contributed by atoms with Crippen LogP contribution in [0.15, 0.2) is 57.5 Å². The van der Waals surface area contributed by atoms with Crippen molar-refractivity contribution in [3.05, 3.63) is 53.6 Å². The van der Waals surface area contributed by atoms with Crippen LogP contribution in [-0.2, 0) is 27.5 Å². The molecule has 1 spiro atoms. The predicted molar refractivity (Wildman–Crippen MR) is 162 cm³/mol. The van der Waals surface area contributed by atoms with E-state index in [0.29, 0.717) is 19.8 Å². The minimum Gasteiger partial charge on any atom is -0.391 e. The Kier molecular flexibility index (Phi) is 9.16. The lowest BCUT2D eigenvalue weighted by molar-refractivity contribution is -0.131. The number of nitrogens with one attached hydrogen (secondary N) is 1. The second kappa shape index (κ2) is 12.8. The van der Waals surface area contributed by atoms with Crippen molar-refractivity contribution in [2.75, 3.05) is 6.61 Å². The number of amides is 1. The summed E-state index contributed by atoms with van der Waals surface area (Å²) in [5.41, 5.74) is 3.98. The first-order valence-corrected chi connectivity index (χ1v) is 15.6. The molecule has 1 fully saturated rings. The largest absolute Gasteiger partial charge is 0.391 e. The fraction of sp³-hybridized carbons (Fsp3) is 0.531. The van der Waals surface area contributed by atoms with Crippen LogP contribution >= 0.6 is 11.9 Å². The molecule has 2 unspecified atom stereocenters. The van der Waals surface area contributed by atoms with Crippen LogP contribution in [0.3, 0.4) is 0 Å². The number of carbonyl (C=O) groups is 1. The van der Waals surface area contributed by atoms with Gasteiger partial charge in [0.1, 0.15) is 17.5 Å². The first-order chi connectivity index (χ1) is 19.5. The Bertz CT molecular complexity index is 1270. The van der Waals surface area contributed by atoms with Gasteiger partial charge in [-0.25, -0.2) is 0 Å². The third kappa shape index (κ3) is 5.93. The van der Waals surface area contributed by atoms with E-state index in [1.807, 2.05) is 18.7 Å². The van der Waals surface area contributed by atoms with Gasteiger partial charge in [0.15, 0.2) is 5.84 Å². The molecule has 1 saturated carbocycles. The Morgan fingerprint density at radius 1 is 1.12 bits per heavy atom. The van der Waals surface area contributed by atoms with E-state index in [1.165, 1.54) is 0 Å². The van der Waals surface area contributed by atoms with Gasteiger partial charge in [-0.05, 0) is 73.4 Å². The van der Waals surface area contributed by atoms with Crippen molar-refractivity contribution in [3.8, 4) is 11.1 Å². The minimum atomic E-state index is -0.510. The Balaban J connectivity index is 1.40. The molecule has 0 saturated heterocycles. The SMILES string of the molecule is CCCCC1=NC2(CCCC2)C(=O)N1Cc1ccc(-c2ccccc2SNC2=NOC(C)C2C)c(COCC)c1. The monoisotopic (exact) mass is 562 g/mol. The first kappa shape index (κ1) is 28.7. The average molecular weight is 563 g/mol. The zero-order valence-electron chi connectivity index (χ0n) is 24.2. The fourth-order valence-corrected chi connectivity index (χ4v) is 6.63. The molecular formula is C32H42N4O3S. The summed E-state index contributed by atoms with van der Waals surface area (Å²) in [5.74, 6) is 2.24. The van der Waals surface area contributed by atoms with Crippen LogP contribution in [0.2, 0.25) is 0 Å². The van der Waals surface area contributed by atoms with Crippen LogP contribution in [0.5, 0.6) is 0 Å². The molecule has 40 heavy (non-hydrogen) atoms. The van der Waals surface area contributed by atoms with E-state index in [2.05, 4.69) is 66.2 Å². The van der Waals surface area contributed by atoms with Gasteiger partial charge in [0.25, 0.3) is 5.91 Å². The van der Waals surface area contributed by atoms with Gasteiger partial charge in [0.05, 0.1) is 19.1 Å². The number of nitrogens with zero attached hydrogens (tertiary/aromatic N) is 3. The van der Waals surface area contributed by atoms with Crippen LogP contribution in [0.4, 0.5) is 0 Å². The van der Waals surface area contributed by atoms with Crippen molar-refractivity contribution in [2.45, 2.75) is 102 Å². The second-order valence-electron chi connectivity index (χ2n) is 11.2. The van der Waals surface area contributed by atoms with Crippen LogP contribution < -0.4 is 4.72 Å². The molecule has 2 aromatic carbocycles. The number of ether oxygens (including phenoxy) is 1. The number of hydrogen-bond acceptors (Lipinski definition) is 7. The smallest absolute Gasteiger partial charge is 0.256 e. The van der Waals surface area contributed by atoms with Crippen molar-refractivity contribution in [2.24, 2.45) is 16.1 Å². The summed E-state index contributed by atoms with van der Waals surface area (Å²) in [6.07, 6.45) is 7.00. The van der Waals surface area contributed by atoms with Crippen molar-refractivity contribution < 1.29 is 14.4 Å². The van der Waals surface area contributed by atoms with E-state index in [9.17, 15) is 4.79 Å². The Morgan fingerprint density at radius 2 is 1.93 bits per heavy atom. The highest BCUT2D eigenvalue weighted by Crippen LogP contribution is 2.40. The second-order valence-corrected chi connectivity index (χ2v) is 12.0. The molecule has 7 nitrogen and oxygen atoms in total. The van der Waals surface area contributed by atoms with E-state index >= 15 is 0 Å². The average Bonchev–Trinajstić information content (AvgIpc) is 3.65. The molecule has 214 valence electrons. The van der Waals surface area contributed by atoms with Crippen molar-refractivity contribution in [1.29, 1.82) is 0 Å². The normalized spacial score (nSPS) is 21.6. The number of hydrogen-bond donors (Lipinski definition) is 1. The highest BCUT2D eigenvalue weighted by molar-refractivity contribution is 7.98. The van der Waals surface area contributed by atoms with Crippen LogP contribution in [0.25, 0.3) is 11.1 Å². The van der Waals surface area contributed by atoms with Gasteiger partial charge in [-0.1, -0.05) is 74.7 Å². The van der Waals surface area contributed by atoms with Crippen molar-refractivity contribution in [1.82, 2.24) is 9.62 Å². The maximum absolute atomic E-state index is 13.7. The summed E-state index contributed by atoms with van der Waals surface area (Å²) < 4.78 is 9.34. The molecule has 1 N–H and O–H groups in total. The molecule has 1 amide bonds. The lowest BCUT2D eigenvalue weighted by Gasteiger charge is -2.23. The Hall–Kier alpha value is -2.84. The van der Waals surface area contributed by atoms with E-state index in [0.717, 1.165) is 83.8 Å². The maximum atomic E-state index is 13.7. The molecule has 2 atom stereocenters. The number of carbonyl (C=O) groups excluding carboxylic acids is 1. The summed E-state index contributed by atoms with van der Waals surface area (Å²) in [7, 11) is 0. The van der Waals surface area contributed by atoms with E-state index in [4.69, 9.17) is 14.6 Å². The van der Waals surface area contributed by atoms with Gasteiger partial charge in [0.2, 0.25) is 0 Å². The molecule has 2 aliphatic heterocycles. The zero-order chi connectivity index (χ0) is 28.1. The predicted octanol–water partition coefficient (Wildman–Crippen LogP) is 7.10.